The van der Waals surface area contributed by atoms with Gasteiger partial charge in [-0.2, -0.15) is 0 Å². The molecule has 18 heavy (non-hydrogen) atoms. The lowest BCUT2D eigenvalue weighted by atomic mass is 10.0. The molecule has 0 saturated carbocycles. The fourth-order valence-corrected chi connectivity index (χ4v) is 2.30. The standard InChI is InChI=1S/C11H12ClN3O3/c1-6-7(11(17)18)2-3-15(6)10(16)8-4-13-5-9(12)14-8/h4-7H,2-3H2,1H3,(H,17,18). The van der Waals surface area contributed by atoms with Gasteiger partial charge in [0.1, 0.15) is 10.8 Å². The minimum atomic E-state index is -0.880. The number of carbonyl (C=O) groups excluding carboxylic acids is 1. The quantitative estimate of drug-likeness (QED) is 0.868. The molecule has 1 amide bonds. The van der Waals surface area contributed by atoms with Gasteiger partial charge in [0.15, 0.2) is 0 Å². The van der Waals surface area contributed by atoms with E-state index in [-0.39, 0.29) is 22.8 Å². The monoisotopic (exact) mass is 269 g/mol. The largest absolute Gasteiger partial charge is 0.481 e. The lowest BCUT2D eigenvalue weighted by Gasteiger charge is -2.22. The van der Waals surface area contributed by atoms with Crippen LogP contribution in [-0.2, 0) is 4.79 Å². The third-order valence-electron chi connectivity index (χ3n) is 3.16. The summed E-state index contributed by atoms with van der Waals surface area (Å²) in [4.78, 5) is 32.3. The van der Waals surface area contributed by atoms with Crippen molar-refractivity contribution >= 4 is 23.5 Å². The second-order valence-electron chi connectivity index (χ2n) is 4.20. The van der Waals surface area contributed by atoms with Crippen LogP contribution in [0.2, 0.25) is 5.15 Å². The highest BCUT2D eigenvalue weighted by molar-refractivity contribution is 6.29. The molecule has 2 atom stereocenters. The van der Waals surface area contributed by atoms with E-state index >= 15 is 0 Å². The molecule has 0 aliphatic carbocycles. The molecule has 2 heterocycles. The van der Waals surface area contributed by atoms with E-state index in [1.165, 1.54) is 17.3 Å². The van der Waals surface area contributed by atoms with Crippen molar-refractivity contribution in [3.8, 4) is 0 Å². The van der Waals surface area contributed by atoms with E-state index in [0.29, 0.717) is 13.0 Å². The molecule has 96 valence electrons. The number of rotatable bonds is 2. The lowest BCUT2D eigenvalue weighted by Crippen LogP contribution is -2.38. The Morgan fingerprint density at radius 2 is 2.22 bits per heavy atom. The zero-order valence-corrected chi connectivity index (χ0v) is 10.5. The molecule has 0 bridgehead atoms. The first kappa shape index (κ1) is 12.8. The third-order valence-corrected chi connectivity index (χ3v) is 3.34. The van der Waals surface area contributed by atoms with Crippen LogP contribution in [0.4, 0.5) is 0 Å². The molecular weight excluding hydrogens is 258 g/mol. The SMILES string of the molecule is CC1C(C(=O)O)CCN1C(=O)c1cncc(Cl)n1. The minimum Gasteiger partial charge on any atom is -0.481 e. The number of carboxylic acids is 1. The summed E-state index contributed by atoms with van der Waals surface area (Å²) in [5, 5.41) is 9.15. The lowest BCUT2D eigenvalue weighted by molar-refractivity contribution is -0.142. The molecule has 1 saturated heterocycles. The Balaban J connectivity index is 2.18. The molecule has 1 aromatic heterocycles. The maximum absolute atomic E-state index is 12.1. The van der Waals surface area contributed by atoms with Gasteiger partial charge in [0.25, 0.3) is 5.91 Å². The highest BCUT2D eigenvalue weighted by Crippen LogP contribution is 2.25. The summed E-state index contributed by atoms with van der Waals surface area (Å²) in [5.41, 5.74) is 0.139. The second kappa shape index (κ2) is 4.89. The van der Waals surface area contributed by atoms with Crippen molar-refractivity contribution in [3.05, 3.63) is 23.2 Å². The predicted octanol–water partition coefficient (Wildman–Crippen LogP) is 1.07. The van der Waals surface area contributed by atoms with Gasteiger partial charge in [-0.05, 0) is 13.3 Å². The molecule has 0 aromatic carbocycles. The van der Waals surface area contributed by atoms with Crippen molar-refractivity contribution in [3.63, 3.8) is 0 Å². The van der Waals surface area contributed by atoms with Gasteiger partial charge < -0.3 is 10.0 Å². The van der Waals surface area contributed by atoms with Crippen LogP contribution in [0, 0.1) is 5.92 Å². The van der Waals surface area contributed by atoms with Crippen LogP contribution in [0.5, 0.6) is 0 Å². The van der Waals surface area contributed by atoms with Gasteiger partial charge in [-0.25, -0.2) is 4.98 Å². The Bertz CT molecular complexity index is 494. The van der Waals surface area contributed by atoms with Crippen LogP contribution < -0.4 is 0 Å². The van der Waals surface area contributed by atoms with Gasteiger partial charge in [0.2, 0.25) is 0 Å². The Kier molecular flexibility index (Phi) is 3.47. The average Bonchev–Trinajstić information content (AvgIpc) is 2.70. The summed E-state index contributed by atoms with van der Waals surface area (Å²) in [5.74, 6) is -1.74. The highest BCUT2D eigenvalue weighted by atomic mass is 35.5. The number of likely N-dealkylation sites (tertiary alicyclic amines) is 1. The van der Waals surface area contributed by atoms with Gasteiger partial charge in [-0.3, -0.25) is 14.6 Å². The van der Waals surface area contributed by atoms with Gasteiger partial charge in [0, 0.05) is 12.6 Å². The van der Waals surface area contributed by atoms with Crippen molar-refractivity contribution in [2.75, 3.05) is 6.54 Å². The Labute approximate surface area is 109 Å². The van der Waals surface area contributed by atoms with Gasteiger partial charge in [-0.15, -0.1) is 0 Å². The number of hydrogen-bond acceptors (Lipinski definition) is 4. The van der Waals surface area contributed by atoms with Crippen molar-refractivity contribution < 1.29 is 14.7 Å². The smallest absolute Gasteiger partial charge is 0.308 e. The summed E-state index contributed by atoms with van der Waals surface area (Å²) < 4.78 is 0. The first-order valence-electron chi connectivity index (χ1n) is 5.52. The van der Waals surface area contributed by atoms with Crippen molar-refractivity contribution in [1.82, 2.24) is 14.9 Å². The van der Waals surface area contributed by atoms with Crippen LogP contribution in [0.3, 0.4) is 0 Å². The van der Waals surface area contributed by atoms with Crippen molar-refractivity contribution in [2.24, 2.45) is 5.92 Å². The second-order valence-corrected chi connectivity index (χ2v) is 4.59. The summed E-state index contributed by atoms with van der Waals surface area (Å²) in [7, 11) is 0. The van der Waals surface area contributed by atoms with E-state index in [1.807, 2.05) is 0 Å². The average molecular weight is 270 g/mol. The normalized spacial score (nSPS) is 23.1. The molecular formula is C11H12ClN3O3. The summed E-state index contributed by atoms with van der Waals surface area (Å²) >= 11 is 5.67. The predicted molar refractivity (Wildman–Crippen MR) is 63.3 cm³/mol. The number of carboxylic acid groups (broad SMARTS) is 1. The van der Waals surface area contributed by atoms with Crippen LogP contribution >= 0.6 is 11.6 Å². The number of carbonyl (C=O) groups is 2. The van der Waals surface area contributed by atoms with E-state index in [9.17, 15) is 9.59 Å². The van der Waals surface area contributed by atoms with Gasteiger partial charge in [0.05, 0.1) is 18.3 Å². The van der Waals surface area contributed by atoms with Crippen molar-refractivity contribution in [1.29, 1.82) is 0 Å². The molecule has 1 N–H and O–H groups in total. The minimum absolute atomic E-state index is 0.139. The number of aromatic nitrogens is 2. The van der Waals surface area contributed by atoms with Crippen LogP contribution in [-0.4, -0.2) is 44.4 Å². The maximum atomic E-state index is 12.1. The van der Waals surface area contributed by atoms with Gasteiger partial charge >= 0.3 is 5.97 Å². The molecule has 2 rings (SSSR count). The number of amides is 1. The van der Waals surface area contributed by atoms with E-state index in [2.05, 4.69) is 9.97 Å². The number of aliphatic carboxylic acids is 1. The summed E-state index contributed by atoms with van der Waals surface area (Å²) in [6, 6.07) is -0.351. The molecule has 1 aromatic rings. The first-order chi connectivity index (χ1) is 8.50. The molecule has 1 aliphatic rings. The van der Waals surface area contributed by atoms with Crippen LogP contribution in [0.15, 0.2) is 12.4 Å². The topological polar surface area (TPSA) is 83.4 Å². The summed E-state index contributed by atoms with van der Waals surface area (Å²) in [6.45, 7) is 2.13. The van der Waals surface area contributed by atoms with E-state index < -0.39 is 11.9 Å². The first-order valence-corrected chi connectivity index (χ1v) is 5.90. The van der Waals surface area contributed by atoms with E-state index in [4.69, 9.17) is 16.7 Å². The third kappa shape index (κ3) is 2.28. The molecule has 0 radical (unpaired) electrons. The molecule has 2 unspecified atom stereocenters. The van der Waals surface area contributed by atoms with Crippen molar-refractivity contribution in [2.45, 2.75) is 19.4 Å². The zero-order valence-electron chi connectivity index (χ0n) is 9.71. The van der Waals surface area contributed by atoms with Gasteiger partial charge in [-0.1, -0.05) is 11.6 Å². The Morgan fingerprint density at radius 3 is 2.78 bits per heavy atom. The number of nitrogens with zero attached hydrogens (tertiary/aromatic N) is 3. The summed E-state index contributed by atoms with van der Waals surface area (Å²) in [6.07, 6.45) is 3.12. The van der Waals surface area contributed by atoms with Crippen LogP contribution in [0.25, 0.3) is 0 Å². The van der Waals surface area contributed by atoms with Crippen LogP contribution in [0.1, 0.15) is 23.8 Å². The maximum Gasteiger partial charge on any atom is 0.308 e. The van der Waals surface area contributed by atoms with E-state index in [0.717, 1.165) is 0 Å². The fraction of sp³-hybridized carbons (Fsp3) is 0.455. The molecule has 0 spiro atoms. The molecule has 1 fully saturated rings. The number of hydrogen-bond donors (Lipinski definition) is 1. The Morgan fingerprint density at radius 1 is 1.50 bits per heavy atom. The molecule has 1 aliphatic heterocycles. The molecule has 6 nitrogen and oxygen atoms in total. The molecule has 7 heteroatoms. The number of halogens is 1. The van der Waals surface area contributed by atoms with E-state index in [1.54, 1.807) is 6.92 Å². The fourth-order valence-electron chi connectivity index (χ4n) is 2.15. The highest BCUT2D eigenvalue weighted by Gasteiger charge is 2.38. The zero-order chi connectivity index (χ0) is 13.3. The Hall–Kier alpha value is -1.69.